The Hall–Kier alpha value is -2.17. The molecule has 0 aliphatic rings. The molecule has 5 nitrogen and oxygen atoms in total. The highest BCUT2D eigenvalue weighted by Crippen LogP contribution is 2.16. The van der Waals surface area contributed by atoms with Gasteiger partial charge in [-0.25, -0.2) is 9.97 Å². The van der Waals surface area contributed by atoms with Crippen LogP contribution in [-0.2, 0) is 6.54 Å². The average molecular weight is 213 g/mol. The molecule has 0 fully saturated rings. The average Bonchev–Trinajstić information content (AvgIpc) is 2.96. The number of hydrogen-bond donors (Lipinski definition) is 0. The summed E-state index contributed by atoms with van der Waals surface area (Å²) in [5, 5.41) is 4.23. The van der Waals surface area contributed by atoms with E-state index in [-0.39, 0.29) is 0 Å². The van der Waals surface area contributed by atoms with Gasteiger partial charge in [0.1, 0.15) is 12.0 Å². The van der Waals surface area contributed by atoms with E-state index < -0.39 is 0 Å². The van der Waals surface area contributed by atoms with Gasteiger partial charge >= 0.3 is 0 Å². The Labute approximate surface area is 92.4 Å². The smallest absolute Gasteiger partial charge is 0.140 e. The number of hydrogen-bond acceptors (Lipinski definition) is 3. The molecule has 0 spiro atoms. The molecule has 0 saturated carbocycles. The van der Waals surface area contributed by atoms with Gasteiger partial charge in [-0.2, -0.15) is 5.10 Å². The van der Waals surface area contributed by atoms with Crippen LogP contribution in [0.15, 0.2) is 37.2 Å². The summed E-state index contributed by atoms with van der Waals surface area (Å²) in [6.07, 6.45) is 9.21. The molecule has 3 aromatic heterocycles. The van der Waals surface area contributed by atoms with Crippen molar-refractivity contribution in [3.05, 3.63) is 37.2 Å². The summed E-state index contributed by atoms with van der Waals surface area (Å²) in [6.45, 7) is 2.92. The Morgan fingerprint density at radius 1 is 1.31 bits per heavy atom. The molecule has 5 heteroatoms. The van der Waals surface area contributed by atoms with Gasteiger partial charge in [0.25, 0.3) is 0 Å². The van der Waals surface area contributed by atoms with Crippen LogP contribution in [0.3, 0.4) is 0 Å². The maximum absolute atomic E-state index is 4.37. The lowest BCUT2D eigenvalue weighted by Gasteiger charge is -1.97. The number of aromatic nitrogens is 5. The molecule has 0 aliphatic heterocycles. The second-order valence-electron chi connectivity index (χ2n) is 3.55. The summed E-state index contributed by atoms with van der Waals surface area (Å²) in [4.78, 5) is 8.59. The van der Waals surface area contributed by atoms with Gasteiger partial charge in [0.05, 0.1) is 11.9 Å². The van der Waals surface area contributed by atoms with Crippen molar-refractivity contribution in [3.63, 3.8) is 0 Å². The summed E-state index contributed by atoms with van der Waals surface area (Å²) in [5.41, 5.74) is 2.82. The Kier molecular flexibility index (Phi) is 1.96. The Morgan fingerprint density at radius 2 is 2.25 bits per heavy atom. The summed E-state index contributed by atoms with van der Waals surface area (Å²) in [5.74, 6) is 0. The molecule has 0 N–H and O–H groups in total. The van der Waals surface area contributed by atoms with Crippen LogP contribution in [0.25, 0.3) is 16.9 Å². The Balaban J connectivity index is 2.10. The highest BCUT2D eigenvalue weighted by atomic mass is 15.3. The van der Waals surface area contributed by atoms with Gasteiger partial charge < -0.3 is 0 Å². The molecule has 80 valence electrons. The number of nitrogens with zero attached hydrogens (tertiary/aromatic N) is 5. The highest BCUT2D eigenvalue weighted by Gasteiger charge is 2.04. The third-order valence-corrected chi connectivity index (χ3v) is 2.54. The molecule has 0 aromatic carbocycles. The number of aryl methyl sites for hydroxylation is 1. The van der Waals surface area contributed by atoms with Crippen LogP contribution < -0.4 is 0 Å². The van der Waals surface area contributed by atoms with E-state index >= 15 is 0 Å². The zero-order valence-corrected chi connectivity index (χ0v) is 8.91. The minimum absolute atomic E-state index is 0.867. The van der Waals surface area contributed by atoms with E-state index in [1.807, 2.05) is 33.7 Å². The summed E-state index contributed by atoms with van der Waals surface area (Å²) >= 11 is 0. The zero-order chi connectivity index (χ0) is 11.0. The quantitative estimate of drug-likeness (QED) is 0.649. The van der Waals surface area contributed by atoms with Crippen LogP contribution in [0.5, 0.6) is 0 Å². The van der Waals surface area contributed by atoms with Crippen LogP contribution in [0.2, 0.25) is 0 Å². The van der Waals surface area contributed by atoms with Crippen LogP contribution in [0.1, 0.15) is 6.92 Å². The van der Waals surface area contributed by atoms with Gasteiger partial charge in [-0.3, -0.25) is 9.08 Å². The molecule has 16 heavy (non-hydrogen) atoms. The van der Waals surface area contributed by atoms with E-state index in [4.69, 9.17) is 0 Å². The van der Waals surface area contributed by atoms with Crippen LogP contribution in [-0.4, -0.2) is 24.1 Å². The summed E-state index contributed by atoms with van der Waals surface area (Å²) < 4.78 is 3.76. The molecule has 3 rings (SSSR count). The van der Waals surface area contributed by atoms with Crippen molar-refractivity contribution >= 4 is 5.65 Å². The summed E-state index contributed by atoms with van der Waals surface area (Å²) in [6, 6.07) is 1.96. The molecule has 0 amide bonds. The van der Waals surface area contributed by atoms with Gasteiger partial charge in [0.15, 0.2) is 0 Å². The predicted octanol–water partition coefficient (Wildman–Crippen LogP) is 1.61. The van der Waals surface area contributed by atoms with Gasteiger partial charge in [0.2, 0.25) is 0 Å². The first kappa shape index (κ1) is 9.08. The second-order valence-corrected chi connectivity index (χ2v) is 3.55. The van der Waals surface area contributed by atoms with Crippen LogP contribution in [0.4, 0.5) is 0 Å². The van der Waals surface area contributed by atoms with E-state index in [0.29, 0.717) is 0 Å². The standard InChI is InChI=1S/C11H11N5/c1-2-16-7-9(6-14-16)10-5-11-12-3-4-15(11)8-13-10/h3-8H,2H2,1H3. The third-order valence-electron chi connectivity index (χ3n) is 2.54. The van der Waals surface area contributed by atoms with E-state index in [1.165, 1.54) is 0 Å². The topological polar surface area (TPSA) is 48.0 Å². The van der Waals surface area contributed by atoms with Gasteiger partial charge in [-0.05, 0) is 6.92 Å². The SMILES string of the molecule is CCn1cc(-c2cc3nccn3cn2)cn1. The molecule has 0 saturated heterocycles. The lowest BCUT2D eigenvalue weighted by Crippen LogP contribution is -1.92. The van der Waals surface area contributed by atoms with E-state index in [0.717, 1.165) is 23.4 Å². The third kappa shape index (κ3) is 1.37. The molecule has 3 heterocycles. The lowest BCUT2D eigenvalue weighted by atomic mass is 10.2. The van der Waals surface area contributed by atoms with Crippen molar-refractivity contribution in [2.75, 3.05) is 0 Å². The van der Waals surface area contributed by atoms with Crippen LogP contribution >= 0.6 is 0 Å². The van der Waals surface area contributed by atoms with Gasteiger partial charge in [-0.15, -0.1) is 0 Å². The van der Waals surface area contributed by atoms with Crippen molar-refractivity contribution in [2.45, 2.75) is 13.5 Å². The van der Waals surface area contributed by atoms with Gasteiger partial charge in [0, 0.05) is 36.8 Å². The fraction of sp³-hybridized carbons (Fsp3) is 0.182. The molecule has 0 radical (unpaired) electrons. The molecule has 0 unspecified atom stereocenters. The van der Waals surface area contributed by atoms with Crippen molar-refractivity contribution in [1.82, 2.24) is 24.1 Å². The molecule has 3 aromatic rings. The fourth-order valence-corrected chi connectivity index (χ4v) is 1.64. The Bertz CT molecular complexity index is 622. The maximum atomic E-state index is 4.37. The normalized spacial score (nSPS) is 11.1. The molecule has 0 atom stereocenters. The first-order chi connectivity index (χ1) is 7.86. The second kappa shape index (κ2) is 3.44. The maximum Gasteiger partial charge on any atom is 0.140 e. The minimum atomic E-state index is 0.867. The van der Waals surface area contributed by atoms with Crippen molar-refractivity contribution in [2.24, 2.45) is 0 Å². The number of imidazole rings is 1. The van der Waals surface area contributed by atoms with Crippen LogP contribution in [0, 0.1) is 0 Å². The summed E-state index contributed by atoms with van der Waals surface area (Å²) in [7, 11) is 0. The largest absolute Gasteiger partial charge is 0.290 e. The van der Waals surface area contributed by atoms with Gasteiger partial charge in [-0.1, -0.05) is 0 Å². The first-order valence-electron chi connectivity index (χ1n) is 5.18. The van der Waals surface area contributed by atoms with Crippen molar-refractivity contribution < 1.29 is 0 Å². The van der Waals surface area contributed by atoms with Crippen molar-refractivity contribution in [3.8, 4) is 11.3 Å². The zero-order valence-electron chi connectivity index (χ0n) is 8.91. The Morgan fingerprint density at radius 3 is 3.06 bits per heavy atom. The van der Waals surface area contributed by atoms with E-state index in [9.17, 15) is 0 Å². The molecular formula is C11H11N5. The van der Waals surface area contributed by atoms with E-state index in [1.54, 1.807) is 12.5 Å². The van der Waals surface area contributed by atoms with Crippen molar-refractivity contribution in [1.29, 1.82) is 0 Å². The fourth-order valence-electron chi connectivity index (χ4n) is 1.64. The van der Waals surface area contributed by atoms with E-state index in [2.05, 4.69) is 22.0 Å². The molecular weight excluding hydrogens is 202 g/mol. The lowest BCUT2D eigenvalue weighted by molar-refractivity contribution is 0.660. The molecule has 0 aliphatic carbocycles. The minimum Gasteiger partial charge on any atom is -0.290 e. The highest BCUT2D eigenvalue weighted by molar-refractivity contribution is 5.61. The monoisotopic (exact) mass is 213 g/mol. The molecule has 0 bridgehead atoms. The first-order valence-corrected chi connectivity index (χ1v) is 5.18. The predicted molar refractivity (Wildman–Crippen MR) is 59.9 cm³/mol. The number of fused-ring (bicyclic) bond motifs is 1. The number of rotatable bonds is 2.